The molecule has 1 atom stereocenters. The maximum Gasteiger partial charge on any atom is 0.131 e. The van der Waals surface area contributed by atoms with Gasteiger partial charge in [-0.15, -0.1) is 0 Å². The summed E-state index contributed by atoms with van der Waals surface area (Å²) in [5.74, 6) is 0.983. The van der Waals surface area contributed by atoms with Gasteiger partial charge in [-0.05, 0) is 38.0 Å². The smallest absolute Gasteiger partial charge is 0.131 e. The minimum Gasteiger partial charge on any atom is -0.389 e. The summed E-state index contributed by atoms with van der Waals surface area (Å²) in [6, 6.07) is 1.99. The van der Waals surface area contributed by atoms with E-state index in [2.05, 4.69) is 16.8 Å². The molecule has 0 aromatic carbocycles. The lowest BCUT2D eigenvalue weighted by molar-refractivity contribution is 0.199. The zero-order valence-electron chi connectivity index (χ0n) is 9.28. The van der Waals surface area contributed by atoms with Crippen molar-refractivity contribution < 1.29 is 5.11 Å². The van der Waals surface area contributed by atoms with E-state index in [0.717, 1.165) is 23.5 Å². The predicted molar refractivity (Wildman–Crippen MR) is 58.6 cm³/mol. The first kappa shape index (κ1) is 11.0. The third-order valence-corrected chi connectivity index (χ3v) is 2.39. The average molecular weight is 194 g/mol. The van der Waals surface area contributed by atoms with Crippen LogP contribution >= 0.6 is 0 Å². The first-order valence-electron chi connectivity index (χ1n) is 4.92. The molecule has 1 aromatic heterocycles. The van der Waals surface area contributed by atoms with Crippen LogP contribution in [0.5, 0.6) is 0 Å². The van der Waals surface area contributed by atoms with Crippen LogP contribution in [0.25, 0.3) is 0 Å². The van der Waals surface area contributed by atoms with Gasteiger partial charge in [0.15, 0.2) is 0 Å². The monoisotopic (exact) mass is 194 g/mol. The van der Waals surface area contributed by atoms with Crippen molar-refractivity contribution in [2.75, 3.05) is 18.5 Å². The van der Waals surface area contributed by atoms with Crippen molar-refractivity contribution in [3.63, 3.8) is 0 Å². The molecule has 1 N–H and O–H groups in total. The van der Waals surface area contributed by atoms with E-state index in [1.807, 2.05) is 20.0 Å². The van der Waals surface area contributed by atoms with Gasteiger partial charge in [-0.2, -0.15) is 0 Å². The normalized spacial score (nSPS) is 12.6. The van der Waals surface area contributed by atoms with Crippen LogP contribution in [0.1, 0.15) is 31.1 Å². The number of aliphatic hydroxyl groups is 1. The summed E-state index contributed by atoms with van der Waals surface area (Å²) in [7, 11) is 2.01. The molecule has 0 saturated carbocycles. The number of pyridine rings is 1. The van der Waals surface area contributed by atoms with Crippen LogP contribution in [-0.2, 0) is 0 Å². The molecule has 0 aliphatic heterocycles. The zero-order valence-corrected chi connectivity index (χ0v) is 9.28. The molecule has 1 rings (SSSR count). The second kappa shape index (κ2) is 4.42. The van der Waals surface area contributed by atoms with Crippen molar-refractivity contribution in [3.8, 4) is 0 Å². The second-order valence-corrected chi connectivity index (χ2v) is 3.60. The predicted octanol–water partition coefficient (Wildman–Crippen LogP) is 1.90. The van der Waals surface area contributed by atoms with Gasteiger partial charge in [0.2, 0.25) is 0 Å². The lowest BCUT2D eigenvalue weighted by Crippen LogP contribution is -2.18. The minimum atomic E-state index is -0.442. The number of aliphatic hydroxyl groups excluding tert-OH is 1. The van der Waals surface area contributed by atoms with E-state index in [0.29, 0.717) is 0 Å². The largest absolute Gasteiger partial charge is 0.389 e. The summed E-state index contributed by atoms with van der Waals surface area (Å²) in [6.07, 6.45) is 1.29. The Bertz CT molecular complexity index is 310. The molecule has 0 aliphatic rings. The topological polar surface area (TPSA) is 36.4 Å². The summed E-state index contributed by atoms with van der Waals surface area (Å²) in [4.78, 5) is 6.42. The Morgan fingerprint density at radius 2 is 2.21 bits per heavy atom. The highest BCUT2D eigenvalue weighted by Gasteiger charge is 2.07. The van der Waals surface area contributed by atoms with Gasteiger partial charge in [0, 0.05) is 19.8 Å². The molecule has 0 aliphatic carbocycles. The average Bonchev–Trinajstić information content (AvgIpc) is 2.16. The Balaban J connectivity index is 3.01. The second-order valence-electron chi connectivity index (χ2n) is 3.60. The molecule has 0 saturated heterocycles. The fourth-order valence-electron chi connectivity index (χ4n) is 1.37. The molecule has 0 fully saturated rings. The Labute approximate surface area is 85.4 Å². The Kier molecular flexibility index (Phi) is 3.47. The number of rotatable bonds is 3. The third-order valence-electron chi connectivity index (χ3n) is 2.39. The maximum atomic E-state index is 9.38. The number of aromatic nitrogens is 1. The van der Waals surface area contributed by atoms with Crippen molar-refractivity contribution in [1.82, 2.24) is 4.98 Å². The van der Waals surface area contributed by atoms with E-state index in [9.17, 15) is 5.11 Å². The van der Waals surface area contributed by atoms with Crippen molar-refractivity contribution in [3.05, 3.63) is 23.4 Å². The maximum absolute atomic E-state index is 9.38. The van der Waals surface area contributed by atoms with Gasteiger partial charge in [-0.3, -0.25) is 0 Å². The first-order chi connectivity index (χ1) is 6.56. The quantitative estimate of drug-likeness (QED) is 0.798. The molecular weight excluding hydrogens is 176 g/mol. The SMILES string of the molecule is CCN(C)c1ncc(C(C)O)cc1C. The van der Waals surface area contributed by atoms with Crippen molar-refractivity contribution >= 4 is 5.82 Å². The van der Waals surface area contributed by atoms with Crippen LogP contribution in [0.15, 0.2) is 12.3 Å². The molecule has 0 spiro atoms. The van der Waals surface area contributed by atoms with Gasteiger partial charge in [-0.1, -0.05) is 0 Å². The van der Waals surface area contributed by atoms with Crippen LogP contribution in [0.2, 0.25) is 0 Å². The third kappa shape index (κ3) is 2.23. The van der Waals surface area contributed by atoms with Crippen molar-refractivity contribution in [2.24, 2.45) is 0 Å². The van der Waals surface area contributed by atoms with Crippen LogP contribution in [-0.4, -0.2) is 23.7 Å². The number of anilines is 1. The standard InChI is InChI=1S/C11H18N2O/c1-5-13(4)11-8(2)6-10(7-12-11)9(3)14/h6-7,9,14H,5H2,1-4H3. The molecule has 0 radical (unpaired) electrons. The highest BCUT2D eigenvalue weighted by Crippen LogP contribution is 2.19. The molecule has 3 nitrogen and oxygen atoms in total. The lowest BCUT2D eigenvalue weighted by atomic mass is 10.1. The summed E-state index contributed by atoms with van der Waals surface area (Å²) >= 11 is 0. The summed E-state index contributed by atoms with van der Waals surface area (Å²) in [5.41, 5.74) is 1.98. The van der Waals surface area contributed by atoms with Gasteiger partial charge < -0.3 is 10.0 Å². The Morgan fingerprint density at radius 3 is 2.64 bits per heavy atom. The number of aryl methyl sites for hydroxylation is 1. The van der Waals surface area contributed by atoms with Crippen molar-refractivity contribution in [2.45, 2.75) is 26.9 Å². The fraction of sp³-hybridized carbons (Fsp3) is 0.545. The van der Waals surface area contributed by atoms with Crippen LogP contribution in [0, 0.1) is 6.92 Å². The minimum absolute atomic E-state index is 0.442. The van der Waals surface area contributed by atoms with Crippen molar-refractivity contribution in [1.29, 1.82) is 0 Å². The molecule has 0 bridgehead atoms. The molecule has 3 heteroatoms. The van der Waals surface area contributed by atoms with Gasteiger partial charge in [0.25, 0.3) is 0 Å². The van der Waals surface area contributed by atoms with Crippen LogP contribution in [0.3, 0.4) is 0 Å². The van der Waals surface area contributed by atoms with Gasteiger partial charge in [0.05, 0.1) is 6.10 Å². The zero-order chi connectivity index (χ0) is 10.7. The summed E-state index contributed by atoms with van der Waals surface area (Å²) in [5, 5.41) is 9.38. The van der Waals surface area contributed by atoms with E-state index in [1.165, 1.54) is 0 Å². The lowest BCUT2D eigenvalue weighted by Gasteiger charge is -2.18. The molecule has 0 amide bonds. The highest BCUT2D eigenvalue weighted by atomic mass is 16.3. The Morgan fingerprint density at radius 1 is 1.57 bits per heavy atom. The summed E-state index contributed by atoms with van der Waals surface area (Å²) < 4.78 is 0. The van der Waals surface area contributed by atoms with E-state index < -0.39 is 6.10 Å². The molecule has 78 valence electrons. The molecular formula is C11H18N2O. The molecule has 1 unspecified atom stereocenters. The van der Waals surface area contributed by atoms with Crippen LogP contribution in [0.4, 0.5) is 5.82 Å². The van der Waals surface area contributed by atoms with E-state index in [-0.39, 0.29) is 0 Å². The highest BCUT2D eigenvalue weighted by molar-refractivity contribution is 5.46. The fourth-order valence-corrected chi connectivity index (χ4v) is 1.37. The first-order valence-corrected chi connectivity index (χ1v) is 4.92. The number of nitrogens with zero attached hydrogens (tertiary/aromatic N) is 2. The number of hydrogen-bond donors (Lipinski definition) is 1. The van der Waals surface area contributed by atoms with E-state index in [1.54, 1.807) is 13.1 Å². The van der Waals surface area contributed by atoms with E-state index >= 15 is 0 Å². The van der Waals surface area contributed by atoms with Gasteiger partial charge in [-0.25, -0.2) is 4.98 Å². The number of hydrogen-bond acceptors (Lipinski definition) is 3. The molecule has 1 aromatic rings. The summed E-state index contributed by atoms with van der Waals surface area (Å²) in [6.45, 7) is 6.78. The van der Waals surface area contributed by atoms with Gasteiger partial charge in [0.1, 0.15) is 5.82 Å². The molecule has 1 heterocycles. The molecule has 14 heavy (non-hydrogen) atoms. The Hall–Kier alpha value is -1.09. The van der Waals surface area contributed by atoms with Gasteiger partial charge >= 0.3 is 0 Å². The van der Waals surface area contributed by atoms with Crippen LogP contribution < -0.4 is 4.90 Å². The van der Waals surface area contributed by atoms with E-state index in [4.69, 9.17) is 0 Å².